The molecule has 0 radical (unpaired) electrons. The summed E-state index contributed by atoms with van der Waals surface area (Å²) in [5.41, 5.74) is 4.87. The average molecular weight is 240 g/mol. The summed E-state index contributed by atoms with van der Waals surface area (Å²) < 4.78 is 0. The molecule has 0 bridgehead atoms. The van der Waals surface area contributed by atoms with Crippen LogP contribution in [0.15, 0.2) is 39.5 Å². The van der Waals surface area contributed by atoms with Crippen molar-refractivity contribution < 1.29 is 9.59 Å². The van der Waals surface area contributed by atoms with Crippen LogP contribution in [-0.2, 0) is 9.59 Å². The first-order valence-corrected chi connectivity index (χ1v) is 4.90. The number of hydrogen-bond donors (Lipinski definition) is 1. The Hall–Kier alpha value is -1.81. The fraction of sp³-hybridized carbons (Fsp3) is 0.308. The van der Waals surface area contributed by atoms with Gasteiger partial charge in [-0.2, -0.15) is 0 Å². The first-order chi connectivity index (χ1) is 8.20. The minimum atomic E-state index is -0.575. The summed E-state index contributed by atoms with van der Waals surface area (Å²) in [7, 11) is 0. The quantitative estimate of drug-likeness (QED) is 0.440. The Morgan fingerprint density at radius 1 is 1.24 bits per heavy atom. The number of hydrogen-bond acceptors (Lipinski definition) is 2. The summed E-state index contributed by atoms with van der Waals surface area (Å²) in [6, 6.07) is -0.575. The molecule has 0 spiro atoms. The number of aldehydes is 1. The van der Waals surface area contributed by atoms with Crippen molar-refractivity contribution in [1.82, 2.24) is 0 Å². The van der Waals surface area contributed by atoms with Crippen molar-refractivity contribution in [3.63, 3.8) is 0 Å². The molecule has 0 aromatic rings. The second-order valence-electron chi connectivity index (χ2n) is 2.13. The van der Waals surface area contributed by atoms with Gasteiger partial charge in [0.1, 0.15) is 6.29 Å². The number of rotatable bonds is 6. The molecular weight excluding hydrogens is 216 g/mol. The molecular formula is C13H24N2O2. The van der Waals surface area contributed by atoms with Gasteiger partial charge >= 0.3 is 0 Å². The second-order valence-corrected chi connectivity index (χ2v) is 2.13. The van der Waals surface area contributed by atoms with Crippen molar-refractivity contribution in [1.29, 1.82) is 0 Å². The standard InChI is InChI=1S/C7H12N2O2.3C2H4/c1-2-3-9-6(5-10)4-7(8)11;3*1-2/h5-6H,1-4H2,(H2,8,11);3*1-2H2/t6-;;;/m1.../s1. The maximum absolute atomic E-state index is 10.3. The highest BCUT2D eigenvalue weighted by atomic mass is 16.1. The molecule has 0 aromatic carbocycles. The van der Waals surface area contributed by atoms with Crippen molar-refractivity contribution >= 4 is 12.2 Å². The van der Waals surface area contributed by atoms with Gasteiger partial charge in [0.25, 0.3) is 0 Å². The van der Waals surface area contributed by atoms with Crippen LogP contribution in [0.1, 0.15) is 12.8 Å². The molecule has 0 aromatic heterocycles. The van der Waals surface area contributed by atoms with Gasteiger partial charge in [-0.25, -0.2) is 0 Å². The Kier molecular flexibility index (Phi) is 42.0. The van der Waals surface area contributed by atoms with Gasteiger partial charge in [-0.05, 0) is 0 Å². The molecule has 0 aliphatic heterocycles. The summed E-state index contributed by atoms with van der Waals surface area (Å²) in [6.45, 7) is 22.0. The maximum atomic E-state index is 10.3. The minimum absolute atomic E-state index is 0.00347. The van der Waals surface area contributed by atoms with Crippen LogP contribution in [0.3, 0.4) is 0 Å². The van der Waals surface area contributed by atoms with Crippen LogP contribution < -0.4 is 5.73 Å². The highest BCUT2D eigenvalue weighted by Gasteiger charge is 1.99. The fourth-order valence-electron chi connectivity index (χ4n) is 0.619. The lowest BCUT2D eigenvalue weighted by molar-refractivity contribution is -0.120. The lowest BCUT2D eigenvalue weighted by atomic mass is 10.2. The third kappa shape index (κ3) is 31.4. The second kappa shape index (κ2) is 29.2. The first kappa shape index (κ1) is 24.4. The van der Waals surface area contributed by atoms with Crippen molar-refractivity contribution in [3.05, 3.63) is 51.7 Å². The third-order valence-corrected chi connectivity index (χ3v) is 1.09. The summed E-state index contributed by atoms with van der Waals surface area (Å²) >= 11 is 0. The molecule has 0 aliphatic rings. The lowest BCUT2D eigenvalue weighted by Crippen LogP contribution is -2.21. The molecule has 0 aliphatic carbocycles. The predicted molar refractivity (Wildman–Crippen MR) is 75.6 cm³/mol. The smallest absolute Gasteiger partial charge is 0.216 e. The predicted octanol–water partition coefficient (Wildman–Crippen LogP) is 2.43. The van der Waals surface area contributed by atoms with Gasteiger partial charge in [0, 0.05) is 6.42 Å². The van der Waals surface area contributed by atoms with E-state index in [1.165, 1.54) is 0 Å². The molecule has 0 heterocycles. The van der Waals surface area contributed by atoms with E-state index in [-0.39, 0.29) is 6.42 Å². The topological polar surface area (TPSA) is 74.3 Å². The van der Waals surface area contributed by atoms with E-state index in [0.717, 1.165) is 0 Å². The van der Waals surface area contributed by atoms with Crippen LogP contribution in [0.2, 0.25) is 0 Å². The van der Waals surface area contributed by atoms with Crippen LogP contribution in [0.25, 0.3) is 5.32 Å². The van der Waals surface area contributed by atoms with Gasteiger partial charge in [0.05, 0.1) is 13.3 Å². The molecule has 0 unspecified atom stereocenters. The van der Waals surface area contributed by atoms with E-state index in [9.17, 15) is 9.59 Å². The molecule has 4 heteroatoms. The van der Waals surface area contributed by atoms with Gasteiger partial charge < -0.3 is 15.8 Å². The Balaban J connectivity index is -0.000000121. The SMILES string of the molecule is C=C.C=C.C=C.[CH2+]CC[N-][C@@H](C=O)CC(N)=O. The van der Waals surface area contributed by atoms with Crippen LogP contribution in [-0.4, -0.2) is 24.8 Å². The van der Waals surface area contributed by atoms with Gasteiger partial charge in [-0.15, -0.1) is 46.0 Å². The zero-order valence-electron chi connectivity index (χ0n) is 10.6. The maximum Gasteiger partial charge on any atom is 0.216 e. The van der Waals surface area contributed by atoms with Crippen molar-refractivity contribution in [2.45, 2.75) is 18.9 Å². The average Bonchev–Trinajstić information content (AvgIpc) is 2.41. The van der Waals surface area contributed by atoms with Gasteiger partial charge in [0.2, 0.25) is 5.91 Å². The molecule has 4 nitrogen and oxygen atoms in total. The Bertz CT molecular complexity index is 168. The Labute approximate surface area is 105 Å². The number of carbonyl (C=O) groups is 2. The summed E-state index contributed by atoms with van der Waals surface area (Å²) in [5, 5.41) is 3.87. The summed E-state index contributed by atoms with van der Waals surface area (Å²) in [6.07, 6.45) is 1.26. The largest absolute Gasteiger partial charge is 0.650 e. The molecule has 17 heavy (non-hydrogen) atoms. The molecule has 0 saturated heterocycles. The van der Waals surface area contributed by atoms with Crippen molar-refractivity contribution in [3.8, 4) is 0 Å². The van der Waals surface area contributed by atoms with Gasteiger partial charge in [0.15, 0.2) is 0 Å². The molecule has 98 valence electrons. The van der Waals surface area contributed by atoms with Crippen molar-refractivity contribution in [2.75, 3.05) is 6.54 Å². The van der Waals surface area contributed by atoms with E-state index >= 15 is 0 Å². The van der Waals surface area contributed by atoms with Crippen LogP contribution in [0, 0.1) is 6.92 Å². The highest BCUT2D eigenvalue weighted by Crippen LogP contribution is 2.02. The number of carbonyl (C=O) groups excluding carboxylic acids is 2. The zero-order chi connectivity index (χ0) is 14.7. The first-order valence-electron chi connectivity index (χ1n) is 4.90. The monoisotopic (exact) mass is 240 g/mol. The molecule has 1 atom stereocenters. The third-order valence-electron chi connectivity index (χ3n) is 1.09. The summed E-state index contributed by atoms with van der Waals surface area (Å²) in [5.74, 6) is -0.505. The Morgan fingerprint density at radius 3 is 1.88 bits per heavy atom. The highest BCUT2D eigenvalue weighted by molar-refractivity contribution is 5.79. The van der Waals surface area contributed by atoms with E-state index in [0.29, 0.717) is 19.3 Å². The molecule has 0 fully saturated rings. The normalized spacial score (nSPS) is 8.71. The number of nitrogens with zero attached hydrogens (tertiary/aromatic N) is 1. The molecule has 0 rings (SSSR count). The van der Waals surface area contributed by atoms with Crippen LogP contribution in [0.4, 0.5) is 0 Å². The molecule has 0 saturated carbocycles. The van der Waals surface area contributed by atoms with Crippen LogP contribution >= 0.6 is 0 Å². The van der Waals surface area contributed by atoms with Gasteiger partial charge in [-0.1, -0.05) is 6.04 Å². The molecule has 2 N–H and O–H groups in total. The lowest BCUT2D eigenvalue weighted by Gasteiger charge is -2.22. The molecule has 1 amide bonds. The van der Waals surface area contributed by atoms with Crippen LogP contribution in [0.5, 0.6) is 0 Å². The van der Waals surface area contributed by atoms with E-state index < -0.39 is 11.9 Å². The minimum Gasteiger partial charge on any atom is -0.650 e. The van der Waals surface area contributed by atoms with E-state index in [1.54, 1.807) is 0 Å². The number of amides is 1. The van der Waals surface area contributed by atoms with E-state index in [4.69, 9.17) is 5.73 Å². The van der Waals surface area contributed by atoms with E-state index in [2.05, 4.69) is 51.7 Å². The van der Waals surface area contributed by atoms with Gasteiger partial charge in [-0.3, -0.25) is 4.79 Å². The number of primary amides is 1. The zero-order valence-corrected chi connectivity index (χ0v) is 10.6. The number of nitrogens with two attached hydrogens (primary N) is 1. The Morgan fingerprint density at radius 2 is 1.65 bits per heavy atom. The summed E-state index contributed by atoms with van der Waals surface area (Å²) in [4.78, 5) is 20.5. The van der Waals surface area contributed by atoms with Crippen molar-refractivity contribution in [2.24, 2.45) is 5.73 Å². The van der Waals surface area contributed by atoms with E-state index in [1.807, 2.05) is 0 Å². The fourth-order valence-corrected chi connectivity index (χ4v) is 0.619.